The van der Waals surface area contributed by atoms with Gasteiger partial charge in [-0.1, -0.05) is 18.2 Å². The number of rotatable bonds is 6. The van der Waals surface area contributed by atoms with Crippen LogP contribution in [0.2, 0.25) is 0 Å². The molecule has 0 aliphatic carbocycles. The van der Waals surface area contributed by atoms with E-state index in [2.05, 4.69) is 37.6 Å². The number of thiazole rings is 1. The maximum atomic E-state index is 5.23. The summed E-state index contributed by atoms with van der Waals surface area (Å²) in [7, 11) is 3.71. The number of hydrogen-bond donors (Lipinski definition) is 2. The molecule has 1 aliphatic heterocycles. The summed E-state index contributed by atoms with van der Waals surface area (Å²) in [6.07, 6.45) is 1.06. The van der Waals surface area contributed by atoms with Crippen molar-refractivity contribution in [2.75, 3.05) is 37.5 Å². The zero-order valence-electron chi connectivity index (χ0n) is 16.6. The molecule has 1 aliphatic rings. The summed E-state index contributed by atoms with van der Waals surface area (Å²) in [5.74, 6) is 2.55. The standard InChI is InChI=1S/C21H24N6OS/c1-27(13-15-7-9-16(28-2)10-8-15)19-6-3-5-17(24-19)18-14-29-21(25-18)26-20-22-11-4-12-23-20/h3,5-10,14H,4,11-13H2,1-2H3,(H2,22,23,25,26). The lowest BCUT2D eigenvalue weighted by Crippen LogP contribution is -2.35. The first-order valence-electron chi connectivity index (χ1n) is 9.53. The quantitative estimate of drug-likeness (QED) is 0.649. The molecule has 2 aromatic heterocycles. The Bertz CT molecular complexity index is 985. The topological polar surface area (TPSA) is 74.7 Å². The summed E-state index contributed by atoms with van der Waals surface area (Å²) in [5, 5.41) is 9.32. The van der Waals surface area contributed by atoms with Gasteiger partial charge in [-0.2, -0.15) is 0 Å². The van der Waals surface area contributed by atoms with Crippen LogP contribution in [-0.2, 0) is 6.54 Å². The van der Waals surface area contributed by atoms with Crippen LogP contribution in [-0.4, -0.2) is 43.2 Å². The predicted molar refractivity (Wildman–Crippen MR) is 119 cm³/mol. The first-order valence-corrected chi connectivity index (χ1v) is 10.4. The van der Waals surface area contributed by atoms with Crippen LogP contribution in [0, 0.1) is 0 Å². The molecule has 29 heavy (non-hydrogen) atoms. The molecule has 0 saturated carbocycles. The van der Waals surface area contributed by atoms with Gasteiger partial charge in [0.2, 0.25) is 0 Å². The number of guanidine groups is 1. The number of hydrogen-bond acceptors (Lipinski definition) is 8. The second-order valence-electron chi connectivity index (χ2n) is 6.76. The molecule has 1 aromatic carbocycles. The molecule has 0 radical (unpaired) electrons. The number of pyridine rings is 1. The van der Waals surface area contributed by atoms with Gasteiger partial charge < -0.3 is 20.3 Å². The van der Waals surface area contributed by atoms with Gasteiger partial charge in [-0.25, -0.2) is 9.97 Å². The number of aliphatic imine (C=N–C) groups is 1. The van der Waals surface area contributed by atoms with Crippen molar-refractivity contribution in [3.63, 3.8) is 0 Å². The van der Waals surface area contributed by atoms with Crippen molar-refractivity contribution in [2.45, 2.75) is 13.0 Å². The minimum atomic E-state index is 0.760. The van der Waals surface area contributed by atoms with Crippen molar-refractivity contribution in [3.8, 4) is 17.1 Å². The number of benzene rings is 1. The van der Waals surface area contributed by atoms with Crippen LogP contribution in [0.4, 0.5) is 10.9 Å². The van der Waals surface area contributed by atoms with Gasteiger partial charge >= 0.3 is 0 Å². The van der Waals surface area contributed by atoms with E-state index >= 15 is 0 Å². The van der Waals surface area contributed by atoms with Crippen molar-refractivity contribution in [1.29, 1.82) is 0 Å². The lowest BCUT2D eigenvalue weighted by atomic mass is 10.2. The van der Waals surface area contributed by atoms with Gasteiger partial charge in [0, 0.05) is 32.1 Å². The molecular formula is C21H24N6OS. The Labute approximate surface area is 174 Å². The molecule has 4 rings (SSSR count). The molecule has 3 aromatic rings. The fraction of sp³-hybridized carbons (Fsp3) is 0.286. The van der Waals surface area contributed by atoms with Gasteiger partial charge in [0.15, 0.2) is 11.1 Å². The molecule has 8 heteroatoms. The Morgan fingerprint density at radius 2 is 2.00 bits per heavy atom. The lowest BCUT2D eigenvalue weighted by Gasteiger charge is -2.19. The van der Waals surface area contributed by atoms with E-state index in [1.54, 1.807) is 18.4 Å². The van der Waals surface area contributed by atoms with Crippen LogP contribution in [0.1, 0.15) is 12.0 Å². The normalized spacial score (nSPS) is 13.4. The van der Waals surface area contributed by atoms with Crippen molar-refractivity contribution < 1.29 is 4.74 Å². The zero-order valence-corrected chi connectivity index (χ0v) is 17.4. The predicted octanol–water partition coefficient (Wildman–Crippen LogP) is 3.61. The van der Waals surface area contributed by atoms with Gasteiger partial charge in [0.25, 0.3) is 0 Å². The van der Waals surface area contributed by atoms with Crippen LogP contribution in [0.15, 0.2) is 52.8 Å². The highest BCUT2D eigenvalue weighted by Gasteiger charge is 2.11. The summed E-state index contributed by atoms with van der Waals surface area (Å²) in [6.45, 7) is 2.54. The molecule has 0 bridgehead atoms. The van der Waals surface area contributed by atoms with Crippen LogP contribution < -0.4 is 20.3 Å². The van der Waals surface area contributed by atoms with E-state index in [-0.39, 0.29) is 0 Å². The summed E-state index contributed by atoms with van der Waals surface area (Å²) < 4.78 is 5.23. The maximum absolute atomic E-state index is 5.23. The fourth-order valence-electron chi connectivity index (χ4n) is 3.03. The van der Waals surface area contributed by atoms with E-state index < -0.39 is 0 Å². The molecule has 2 N–H and O–H groups in total. The summed E-state index contributed by atoms with van der Waals surface area (Å²) in [4.78, 5) is 16.0. The molecule has 0 spiro atoms. The fourth-order valence-corrected chi connectivity index (χ4v) is 3.73. The van der Waals surface area contributed by atoms with E-state index in [0.717, 1.165) is 60.1 Å². The summed E-state index contributed by atoms with van der Waals surface area (Å²) in [5.41, 5.74) is 2.90. The molecule has 0 saturated heterocycles. The SMILES string of the molecule is COc1ccc(CN(C)c2cccc(-c3csc(NC4=NCCCN4)n3)n2)cc1. The van der Waals surface area contributed by atoms with E-state index in [9.17, 15) is 0 Å². The Kier molecular flexibility index (Phi) is 5.90. The van der Waals surface area contributed by atoms with Crippen LogP contribution in [0.25, 0.3) is 11.4 Å². The molecule has 0 amide bonds. The highest BCUT2D eigenvalue weighted by molar-refractivity contribution is 7.14. The number of nitrogens with zero attached hydrogens (tertiary/aromatic N) is 4. The van der Waals surface area contributed by atoms with Crippen LogP contribution in [0.5, 0.6) is 5.75 Å². The molecule has 0 unspecified atom stereocenters. The van der Waals surface area contributed by atoms with Gasteiger partial charge in [-0.3, -0.25) is 4.99 Å². The number of methoxy groups -OCH3 is 1. The first-order chi connectivity index (χ1) is 14.2. The first kappa shape index (κ1) is 19.2. The van der Waals surface area contributed by atoms with E-state index in [4.69, 9.17) is 9.72 Å². The van der Waals surface area contributed by atoms with Crippen molar-refractivity contribution in [2.24, 2.45) is 4.99 Å². The minimum absolute atomic E-state index is 0.760. The van der Waals surface area contributed by atoms with Gasteiger partial charge in [0.1, 0.15) is 17.3 Å². The summed E-state index contributed by atoms with van der Waals surface area (Å²) >= 11 is 1.55. The third kappa shape index (κ3) is 4.83. The van der Waals surface area contributed by atoms with Crippen molar-refractivity contribution in [1.82, 2.24) is 15.3 Å². The zero-order chi connectivity index (χ0) is 20.1. The number of anilines is 2. The van der Waals surface area contributed by atoms with Crippen molar-refractivity contribution >= 4 is 28.2 Å². The van der Waals surface area contributed by atoms with Crippen LogP contribution in [0.3, 0.4) is 0 Å². The minimum Gasteiger partial charge on any atom is -0.497 e. The average Bonchev–Trinajstić information content (AvgIpc) is 3.23. The third-order valence-electron chi connectivity index (χ3n) is 4.59. The van der Waals surface area contributed by atoms with Gasteiger partial charge in [-0.05, 0) is 36.2 Å². The second-order valence-corrected chi connectivity index (χ2v) is 7.62. The lowest BCUT2D eigenvalue weighted by molar-refractivity contribution is 0.414. The number of ether oxygens (including phenoxy) is 1. The average molecular weight is 409 g/mol. The van der Waals surface area contributed by atoms with E-state index in [1.807, 2.05) is 42.8 Å². The molecule has 3 heterocycles. The molecule has 150 valence electrons. The Balaban J connectivity index is 1.45. The molecule has 7 nitrogen and oxygen atoms in total. The van der Waals surface area contributed by atoms with E-state index in [1.165, 1.54) is 5.56 Å². The molecular weight excluding hydrogens is 384 g/mol. The maximum Gasteiger partial charge on any atom is 0.197 e. The molecule has 0 fully saturated rings. The smallest absolute Gasteiger partial charge is 0.197 e. The largest absolute Gasteiger partial charge is 0.497 e. The van der Waals surface area contributed by atoms with Gasteiger partial charge in [0.05, 0.1) is 12.8 Å². The summed E-state index contributed by atoms with van der Waals surface area (Å²) in [6, 6.07) is 14.1. The highest BCUT2D eigenvalue weighted by atomic mass is 32.1. The molecule has 0 atom stereocenters. The Morgan fingerprint density at radius 3 is 2.76 bits per heavy atom. The van der Waals surface area contributed by atoms with Crippen LogP contribution >= 0.6 is 11.3 Å². The van der Waals surface area contributed by atoms with E-state index in [0.29, 0.717) is 0 Å². The highest BCUT2D eigenvalue weighted by Crippen LogP contribution is 2.25. The second kappa shape index (κ2) is 8.91. The van der Waals surface area contributed by atoms with Gasteiger partial charge in [-0.15, -0.1) is 11.3 Å². The third-order valence-corrected chi connectivity index (χ3v) is 5.35. The van der Waals surface area contributed by atoms with Crippen molar-refractivity contribution in [3.05, 3.63) is 53.4 Å². The Morgan fingerprint density at radius 1 is 1.14 bits per heavy atom. The number of aromatic nitrogens is 2. The monoisotopic (exact) mass is 408 g/mol. The Hall–Kier alpha value is -3.13. The number of nitrogens with one attached hydrogen (secondary N) is 2.